The molecule has 0 saturated heterocycles. The summed E-state index contributed by atoms with van der Waals surface area (Å²) >= 11 is 5.72. The third kappa shape index (κ3) is 3.90. The minimum Gasteiger partial charge on any atom is -0.506 e. The van der Waals surface area contributed by atoms with Crippen LogP contribution in [0.5, 0.6) is 23.3 Å². The SMILES string of the molecule is COc1cnc2ccc(Cl)c(O)c2n1.COc1cnc2cccc(O)c2n1. The second-order valence-corrected chi connectivity index (χ2v) is 5.64. The van der Waals surface area contributed by atoms with Crippen molar-refractivity contribution in [3.63, 3.8) is 0 Å². The fourth-order valence-electron chi connectivity index (χ4n) is 2.22. The van der Waals surface area contributed by atoms with Gasteiger partial charge in [0, 0.05) is 0 Å². The molecule has 8 nitrogen and oxygen atoms in total. The van der Waals surface area contributed by atoms with Crippen molar-refractivity contribution in [2.24, 2.45) is 0 Å². The highest BCUT2D eigenvalue weighted by Gasteiger charge is 2.08. The summed E-state index contributed by atoms with van der Waals surface area (Å²) in [5.41, 5.74) is 2.03. The van der Waals surface area contributed by atoms with E-state index in [-0.39, 0.29) is 16.5 Å². The van der Waals surface area contributed by atoms with Gasteiger partial charge in [0.05, 0.1) is 42.7 Å². The van der Waals surface area contributed by atoms with Crippen molar-refractivity contribution >= 4 is 33.7 Å². The number of aromatic hydroxyl groups is 2. The molecule has 0 spiro atoms. The van der Waals surface area contributed by atoms with Crippen molar-refractivity contribution in [1.29, 1.82) is 0 Å². The summed E-state index contributed by atoms with van der Waals surface area (Å²) in [7, 11) is 2.99. The van der Waals surface area contributed by atoms with Crippen LogP contribution in [-0.2, 0) is 0 Å². The molecule has 4 rings (SSSR count). The number of phenolic OH excluding ortho intramolecular Hbond substituents is 2. The zero-order valence-corrected chi connectivity index (χ0v) is 15.2. The molecule has 4 aromatic rings. The molecular formula is C18H15ClN4O4. The van der Waals surface area contributed by atoms with Gasteiger partial charge in [-0.25, -0.2) is 19.9 Å². The number of rotatable bonds is 2. The Labute approximate surface area is 159 Å². The summed E-state index contributed by atoms with van der Waals surface area (Å²) in [6.07, 6.45) is 3.00. The molecule has 2 aromatic carbocycles. The maximum absolute atomic E-state index is 9.59. The maximum Gasteiger partial charge on any atom is 0.232 e. The molecule has 0 bridgehead atoms. The number of fused-ring (bicyclic) bond motifs is 2. The molecule has 0 saturated carbocycles. The van der Waals surface area contributed by atoms with E-state index in [4.69, 9.17) is 21.1 Å². The lowest BCUT2D eigenvalue weighted by molar-refractivity contribution is 0.396. The van der Waals surface area contributed by atoms with Crippen LogP contribution in [-0.4, -0.2) is 44.4 Å². The fourth-order valence-corrected chi connectivity index (χ4v) is 2.37. The van der Waals surface area contributed by atoms with E-state index in [9.17, 15) is 10.2 Å². The van der Waals surface area contributed by atoms with Crippen LogP contribution in [0.25, 0.3) is 22.1 Å². The molecule has 0 unspecified atom stereocenters. The largest absolute Gasteiger partial charge is 0.506 e. The molecule has 27 heavy (non-hydrogen) atoms. The van der Waals surface area contributed by atoms with Gasteiger partial charge in [0.15, 0.2) is 5.75 Å². The van der Waals surface area contributed by atoms with Crippen molar-refractivity contribution in [1.82, 2.24) is 19.9 Å². The van der Waals surface area contributed by atoms with Gasteiger partial charge >= 0.3 is 0 Å². The molecule has 0 amide bonds. The van der Waals surface area contributed by atoms with Gasteiger partial charge in [-0.15, -0.1) is 0 Å². The van der Waals surface area contributed by atoms with Crippen LogP contribution in [0.15, 0.2) is 42.7 Å². The lowest BCUT2D eigenvalue weighted by Gasteiger charge is -2.03. The number of benzene rings is 2. The van der Waals surface area contributed by atoms with E-state index >= 15 is 0 Å². The number of nitrogens with zero attached hydrogens (tertiary/aromatic N) is 4. The summed E-state index contributed by atoms with van der Waals surface area (Å²) < 4.78 is 9.78. The first kappa shape index (κ1) is 18.4. The number of aromatic nitrogens is 4. The number of halogens is 1. The number of methoxy groups -OCH3 is 2. The Hall–Kier alpha value is -3.39. The second-order valence-electron chi connectivity index (χ2n) is 5.23. The Bertz CT molecular complexity index is 1110. The summed E-state index contributed by atoms with van der Waals surface area (Å²) in [6.45, 7) is 0. The summed E-state index contributed by atoms with van der Waals surface area (Å²) in [5.74, 6) is 0.781. The zero-order chi connectivity index (χ0) is 19.4. The van der Waals surface area contributed by atoms with Crippen LogP contribution in [0, 0.1) is 0 Å². The van der Waals surface area contributed by atoms with Crippen molar-refractivity contribution in [2.75, 3.05) is 14.2 Å². The van der Waals surface area contributed by atoms with E-state index in [0.29, 0.717) is 33.8 Å². The van der Waals surface area contributed by atoms with Gasteiger partial charge in [0.1, 0.15) is 16.8 Å². The van der Waals surface area contributed by atoms with Crippen molar-refractivity contribution < 1.29 is 19.7 Å². The summed E-state index contributed by atoms with van der Waals surface area (Å²) in [4.78, 5) is 16.2. The lowest BCUT2D eigenvalue weighted by Crippen LogP contribution is -1.90. The highest BCUT2D eigenvalue weighted by atomic mass is 35.5. The van der Waals surface area contributed by atoms with Crippen LogP contribution in [0.4, 0.5) is 0 Å². The van der Waals surface area contributed by atoms with E-state index in [2.05, 4.69) is 19.9 Å². The van der Waals surface area contributed by atoms with E-state index in [1.54, 1.807) is 30.3 Å². The van der Waals surface area contributed by atoms with Gasteiger partial charge in [0.25, 0.3) is 0 Å². The van der Waals surface area contributed by atoms with Crippen molar-refractivity contribution in [2.45, 2.75) is 0 Å². The van der Waals surface area contributed by atoms with Crippen LogP contribution in [0.3, 0.4) is 0 Å². The quantitative estimate of drug-likeness (QED) is 0.539. The van der Waals surface area contributed by atoms with Crippen molar-refractivity contribution in [3.05, 3.63) is 47.7 Å². The molecule has 2 N–H and O–H groups in total. The Morgan fingerprint density at radius 1 is 0.815 bits per heavy atom. The number of hydrogen-bond acceptors (Lipinski definition) is 8. The highest BCUT2D eigenvalue weighted by molar-refractivity contribution is 6.33. The summed E-state index contributed by atoms with van der Waals surface area (Å²) in [6, 6.07) is 8.32. The monoisotopic (exact) mass is 386 g/mol. The second kappa shape index (κ2) is 7.88. The van der Waals surface area contributed by atoms with Crippen molar-refractivity contribution in [3.8, 4) is 23.3 Å². The van der Waals surface area contributed by atoms with Crippen LogP contribution in [0.1, 0.15) is 0 Å². The van der Waals surface area contributed by atoms with Gasteiger partial charge in [-0.05, 0) is 24.3 Å². The molecule has 2 aromatic heterocycles. The first-order chi connectivity index (χ1) is 13.0. The number of hydrogen-bond donors (Lipinski definition) is 2. The Morgan fingerprint density at radius 2 is 1.41 bits per heavy atom. The average molecular weight is 387 g/mol. The first-order valence-electron chi connectivity index (χ1n) is 7.70. The topological polar surface area (TPSA) is 110 Å². The standard InChI is InChI=1S/C9H7ClN2O2.C9H8N2O2/c1-14-7-4-11-6-3-2-5(10)9(13)8(6)12-7;1-13-8-5-10-6-3-2-4-7(12)9(6)11-8/h2-4,13H,1H3;2-5,12H,1H3. The van der Waals surface area contributed by atoms with Gasteiger partial charge in [-0.2, -0.15) is 0 Å². The van der Waals surface area contributed by atoms with Crippen LogP contribution < -0.4 is 9.47 Å². The zero-order valence-electron chi connectivity index (χ0n) is 14.4. The third-order valence-electron chi connectivity index (χ3n) is 3.56. The number of ether oxygens (including phenoxy) is 2. The maximum atomic E-state index is 9.59. The average Bonchev–Trinajstić information content (AvgIpc) is 2.71. The minimum atomic E-state index is -0.0735. The van der Waals surface area contributed by atoms with E-state index in [1.165, 1.54) is 26.6 Å². The molecule has 0 aliphatic heterocycles. The molecule has 0 aliphatic carbocycles. The Morgan fingerprint density at radius 3 is 2.04 bits per heavy atom. The predicted octanol–water partition coefficient (Wildman–Crippen LogP) is 3.34. The van der Waals surface area contributed by atoms with E-state index in [1.807, 2.05) is 0 Å². The molecule has 0 radical (unpaired) electrons. The molecule has 9 heteroatoms. The summed E-state index contributed by atoms with van der Waals surface area (Å²) in [5, 5.41) is 19.3. The lowest BCUT2D eigenvalue weighted by atomic mass is 10.3. The predicted molar refractivity (Wildman–Crippen MR) is 101 cm³/mol. The smallest absolute Gasteiger partial charge is 0.232 e. The van der Waals surface area contributed by atoms with Gasteiger partial charge in [0.2, 0.25) is 11.8 Å². The normalized spacial score (nSPS) is 10.3. The van der Waals surface area contributed by atoms with Gasteiger partial charge in [-0.1, -0.05) is 17.7 Å². The highest BCUT2D eigenvalue weighted by Crippen LogP contribution is 2.30. The molecule has 0 aliphatic rings. The molecule has 0 fully saturated rings. The van der Waals surface area contributed by atoms with Gasteiger partial charge in [-0.3, -0.25) is 0 Å². The molecular weight excluding hydrogens is 372 g/mol. The Kier molecular flexibility index (Phi) is 5.37. The minimum absolute atomic E-state index is 0.0735. The third-order valence-corrected chi connectivity index (χ3v) is 3.87. The fraction of sp³-hybridized carbons (Fsp3) is 0.111. The first-order valence-corrected chi connectivity index (χ1v) is 8.08. The number of para-hydroxylation sites is 1. The van der Waals surface area contributed by atoms with Gasteiger partial charge < -0.3 is 19.7 Å². The van der Waals surface area contributed by atoms with Crippen LogP contribution >= 0.6 is 11.6 Å². The van der Waals surface area contributed by atoms with E-state index < -0.39 is 0 Å². The van der Waals surface area contributed by atoms with Crippen LogP contribution in [0.2, 0.25) is 5.02 Å². The molecule has 2 heterocycles. The van der Waals surface area contributed by atoms with E-state index in [0.717, 1.165) is 0 Å². The Balaban J connectivity index is 0.000000156. The molecule has 138 valence electrons. The molecule has 0 atom stereocenters. The number of phenols is 2.